The fourth-order valence-corrected chi connectivity index (χ4v) is 2.62. The summed E-state index contributed by atoms with van der Waals surface area (Å²) in [5.41, 5.74) is 6.82. The van der Waals surface area contributed by atoms with Gasteiger partial charge in [0.15, 0.2) is 0 Å². The van der Waals surface area contributed by atoms with Crippen LogP contribution in [-0.2, 0) is 4.79 Å². The second-order valence-corrected chi connectivity index (χ2v) is 5.90. The molecule has 4 N–H and O–H groups in total. The van der Waals surface area contributed by atoms with Crippen molar-refractivity contribution in [2.24, 2.45) is 5.92 Å². The Bertz CT molecular complexity index is 489. The number of nitrogen functional groups attached to an aromatic ring is 1. The summed E-state index contributed by atoms with van der Waals surface area (Å²) in [5, 5.41) is 12.6. The second-order valence-electron chi connectivity index (χ2n) is 5.47. The van der Waals surface area contributed by atoms with Gasteiger partial charge < -0.3 is 16.2 Å². The molecule has 1 amide bonds. The van der Waals surface area contributed by atoms with Crippen molar-refractivity contribution in [3.63, 3.8) is 0 Å². The summed E-state index contributed by atoms with van der Waals surface area (Å²) >= 11 is 5.81. The quantitative estimate of drug-likeness (QED) is 0.721. The maximum absolute atomic E-state index is 11.9. The standard InChI is InChI=1S/C14H20ClN3O2/c1-18(7-9-4-11(19)5-9)8-14(20)17-13-3-2-10(15)6-12(13)16/h2-3,6,9,11,19H,4-5,7-8,16H2,1H3,(H,17,20). The molecule has 1 aliphatic carbocycles. The molecule has 110 valence electrons. The van der Waals surface area contributed by atoms with E-state index in [-0.39, 0.29) is 12.0 Å². The lowest BCUT2D eigenvalue weighted by molar-refractivity contribution is -0.117. The molecule has 1 fully saturated rings. The molecule has 0 atom stereocenters. The third-order valence-electron chi connectivity index (χ3n) is 3.48. The van der Waals surface area contributed by atoms with Gasteiger partial charge in [-0.3, -0.25) is 9.69 Å². The molecule has 0 heterocycles. The molecule has 1 aromatic carbocycles. The van der Waals surface area contributed by atoms with Crippen LogP contribution in [0.4, 0.5) is 11.4 Å². The van der Waals surface area contributed by atoms with Crippen LogP contribution in [0.15, 0.2) is 18.2 Å². The molecule has 20 heavy (non-hydrogen) atoms. The van der Waals surface area contributed by atoms with Gasteiger partial charge in [0.2, 0.25) is 5.91 Å². The van der Waals surface area contributed by atoms with Gasteiger partial charge in [-0.25, -0.2) is 0 Å². The van der Waals surface area contributed by atoms with Gasteiger partial charge in [-0.15, -0.1) is 0 Å². The van der Waals surface area contributed by atoms with E-state index in [0.717, 1.165) is 19.4 Å². The molecule has 6 heteroatoms. The smallest absolute Gasteiger partial charge is 0.238 e. The van der Waals surface area contributed by atoms with Crippen molar-refractivity contribution in [2.75, 3.05) is 31.2 Å². The first-order valence-corrected chi connectivity index (χ1v) is 7.03. The van der Waals surface area contributed by atoms with Crippen molar-refractivity contribution in [3.05, 3.63) is 23.2 Å². The summed E-state index contributed by atoms with van der Waals surface area (Å²) in [5.74, 6) is 0.379. The first kappa shape index (κ1) is 15.1. The van der Waals surface area contributed by atoms with Gasteiger partial charge in [0.05, 0.1) is 24.0 Å². The lowest BCUT2D eigenvalue weighted by Gasteiger charge is -2.34. The zero-order valence-electron chi connectivity index (χ0n) is 11.5. The number of nitrogens with zero attached hydrogens (tertiary/aromatic N) is 1. The maximum Gasteiger partial charge on any atom is 0.238 e. The monoisotopic (exact) mass is 297 g/mol. The molecule has 0 aromatic heterocycles. The number of anilines is 2. The lowest BCUT2D eigenvalue weighted by atomic mass is 9.82. The van der Waals surface area contributed by atoms with Crippen LogP contribution in [0.25, 0.3) is 0 Å². The number of carbonyl (C=O) groups excluding carboxylic acids is 1. The van der Waals surface area contributed by atoms with Crippen molar-refractivity contribution in [3.8, 4) is 0 Å². The number of nitrogens with two attached hydrogens (primary N) is 1. The number of aliphatic hydroxyl groups is 1. The molecule has 0 aliphatic heterocycles. The molecular weight excluding hydrogens is 278 g/mol. The average Bonchev–Trinajstić information content (AvgIpc) is 2.30. The summed E-state index contributed by atoms with van der Waals surface area (Å²) in [6.07, 6.45) is 1.50. The van der Waals surface area contributed by atoms with Crippen molar-refractivity contribution in [2.45, 2.75) is 18.9 Å². The number of hydrogen-bond acceptors (Lipinski definition) is 4. The van der Waals surface area contributed by atoms with E-state index in [4.69, 9.17) is 17.3 Å². The number of halogens is 1. The molecule has 5 nitrogen and oxygen atoms in total. The number of nitrogens with one attached hydrogen (secondary N) is 1. The summed E-state index contributed by atoms with van der Waals surface area (Å²) in [6.45, 7) is 1.12. The molecule has 0 saturated heterocycles. The molecule has 1 saturated carbocycles. The van der Waals surface area contributed by atoms with Crippen molar-refractivity contribution >= 4 is 28.9 Å². The van der Waals surface area contributed by atoms with Gasteiger partial charge in [0.25, 0.3) is 0 Å². The van der Waals surface area contributed by atoms with E-state index >= 15 is 0 Å². The van der Waals surface area contributed by atoms with Gasteiger partial charge in [0, 0.05) is 11.6 Å². The molecule has 2 rings (SSSR count). The predicted octanol–water partition coefficient (Wildman–Crippen LogP) is 1.56. The number of carbonyl (C=O) groups is 1. The minimum absolute atomic E-state index is 0.110. The average molecular weight is 298 g/mol. The van der Waals surface area contributed by atoms with Crippen molar-refractivity contribution < 1.29 is 9.90 Å². The third-order valence-corrected chi connectivity index (χ3v) is 3.72. The third kappa shape index (κ3) is 4.10. The Morgan fingerprint density at radius 2 is 2.25 bits per heavy atom. The fraction of sp³-hybridized carbons (Fsp3) is 0.500. The molecule has 0 bridgehead atoms. The number of hydrogen-bond donors (Lipinski definition) is 3. The van der Waals surface area contributed by atoms with Crippen LogP contribution in [0.5, 0.6) is 0 Å². The number of aliphatic hydroxyl groups excluding tert-OH is 1. The minimum Gasteiger partial charge on any atom is -0.397 e. The van der Waals surface area contributed by atoms with E-state index in [1.807, 2.05) is 11.9 Å². The zero-order chi connectivity index (χ0) is 14.7. The highest BCUT2D eigenvalue weighted by molar-refractivity contribution is 6.31. The van der Waals surface area contributed by atoms with E-state index in [1.54, 1.807) is 18.2 Å². The SMILES string of the molecule is CN(CC(=O)Nc1ccc(Cl)cc1N)CC1CC(O)C1. The number of benzene rings is 1. The molecule has 1 aliphatic rings. The highest BCUT2D eigenvalue weighted by Gasteiger charge is 2.28. The zero-order valence-corrected chi connectivity index (χ0v) is 12.2. The second kappa shape index (κ2) is 6.43. The summed E-state index contributed by atoms with van der Waals surface area (Å²) in [4.78, 5) is 13.9. The van der Waals surface area contributed by atoms with Gasteiger partial charge in [-0.05, 0) is 44.0 Å². The van der Waals surface area contributed by atoms with Crippen LogP contribution in [0.1, 0.15) is 12.8 Å². The van der Waals surface area contributed by atoms with Gasteiger partial charge in [0.1, 0.15) is 0 Å². The van der Waals surface area contributed by atoms with Crippen LogP contribution in [0.2, 0.25) is 5.02 Å². The Balaban J connectivity index is 1.79. The molecule has 0 unspecified atom stereocenters. The Hall–Kier alpha value is -1.30. The van der Waals surface area contributed by atoms with Crippen LogP contribution in [0.3, 0.4) is 0 Å². The topological polar surface area (TPSA) is 78.6 Å². The van der Waals surface area contributed by atoms with E-state index < -0.39 is 0 Å². The summed E-state index contributed by atoms with van der Waals surface area (Å²) in [7, 11) is 1.90. The molecule has 0 radical (unpaired) electrons. The number of likely N-dealkylation sites (N-methyl/N-ethyl adjacent to an activating group) is 1. The molecule has 0 spiro atoms. The van der Waals surface area contributed by atoms with Gasteiger partial charge >= 0.3 is 0 Å². The van der Waals surface area contributed by atoms with Crippen LogP contribution < -0.4 is 11.1 Å². The number of rotatable bonds is 5. The van der Waals surface area contributed by atoms with Crippen LogP contribution in [0, 0.1) is 5.92 Å². The number of amides is 1. The summed E-state index contributed by atoms with van der Waals surface area (Å²) < 4.78 is 0. The Morgan fingerprint density at radius 1 is 1.55 bits per heavy atom. The van der Waals surface area contributed by atoms with Crippen molar-refractivity contribution in [1.29, 1.82) is 0 Å². The maximum atomic E-state index is 11.9. The lowest BCUT2D eigenvalue weighted by Crippen LogP contribution is -2.40. The fourth-order valence-electron chi connectivity index (χ4n) is 2.44. The van der Waals surface area contributed by atoms with E-state index in [0.29, 0.717) is 28.9 Å². The highest BCUT2D eigenvalue weighted by atomic mass is 35.5. The first-order chi connectivity index (χ1) is 9.44. The highest BCUT2D eigenvalue weighted by Crippen LogP contribution is 2.27. The Labute approximate surface area is 123 Å². The van der Waals surface area contributed by atoms with E-state index in [2.05, 4.69) is 5.32 Å². The normalized spacial score (nSPS) is 21.6. The van der Waals surface area contributed by atoms with Crippen molar-refractivity contribution in [1.82, 2.24) is 4.90 Å². The van der Waals surface area contributed by atoms with E-state index in [9.17, 15) is 9.90 Å². The minimum atomic E-state index is -0.156. The first-order valence-electron chi connectivity index (χ1n) is 6.65. The summed E-state index contributed by atoms with van der Waals surface area (Å²) in [6, 6.07) is 4.99. The van der Waals surface area contributed by atoms with Gasteiger partial charge in [-0.1, -0.05) is 11.6 Å². The predicted molar refractivity (Wildman–Crippen MR) is 80.7 cm³/mol. The molecular formula is C14H20ClN3O2. The van der Waals surface area contributed by atoms with Crippen LogP contribution in [-0.4, -0.2) is 42.2 Å². The Morgan fingerprint density at radius 3 is 2.85 bits per heavy atom. The largest absolute Gasteiger partial charge is 0.397 e. The Kier molecular flexibility index (Phi) is 4.86. The van der Waals surface area contributed by atoms with E-state index in [1.165, 1.54) is 0 Å². The molecule has 1 aromatic rings. The van der Waals surface area contributed by atoms with Gasteiger partial charge in [-0.2, -0.15) is 0 Å². The van der Waals surface area contributed by atoms with Crippen LogP contribution >= 0.6 is 11.6 Å².